The van der Waals surface area contributed by atoms with Gasteiger partial charge in [0.1, 0.15) is 17.4 Å². The first-order valence-corrected chi connectivity index (χ1v) is 21.3. The molecule has 61 heavy (non-hydrogen) atoms. The smallest absolute Gasteiger partial charge is 0.386 e. The Morgan fingerprint density at radius 1 is 0.951 bits per heavy atom. The maximum absolute atomic E-state index is 13.4. The summed E-state index contributed by atoms with van der Waals surface area (Å²) < 4.78 is 45.0. The molecule has 3 aliphatic rings. The molecule has 2 aromatic carbocycles. The van der Waals surface area contributed by atoms with Gasteiger partial charge in [-0.1, -0.05) is 18.2 Å². The highest BCUT2D eigenvalue weighted by Crippen LogP contribution is 2.38. The molecule has 324 valence electrons. The van der Waals surface area contributed by atoms with Gasteiger partial charge in [0, 0.05) is 48.9 Å². The number of hydrogen-bond acceptors (Lipinski definition) is 8. The molecular formula is C45H53F3N8O5. The number of halogens is 3. The molecule has 1 atom stereocenters. The van der Waals surface area contributed by atoms with Crippen LogP contribution in [0.15, 0.2) is 59.5 Å². The number of anilines is 1. The number of para-hydroxylation sites is 1. The highest BCUT2D eigenvalue weighted by Gasteiger charge is 2.35. The first kappa shape index (κ1) is 42.3. The van der Waals surface area contributed by atoms with Gasteiger partial charge in [0.05, 0.1) is 28.2 Å². The minimum absolute atomic E-state index is 0.187. The molecule has 0 radical (unpaired) electrons. The van der Waals surface area contributed by atoms with Crippen molar-refractivity contribution in [1.82, 2.24) is 34.1 Å². The van der Waals surface area contributed by atoms with Gasteiger partial charge >= 0.3 is 11.9 Å². The van der Waals surface area contributed by atoms with Crippen LogP contribution >= 0.6 is 0 Å². The standard InChI is InChI=1S/C45H53F3N8O5/c1-44(2,61)32-23-34-29(22-35(32)50-41(58)33-8-6-10-38(49-33)45(46,47)48)25-55(52-34)31-17-13-27(14-18-31)24-53(3)30-15-11-26(12-16-30)21-28-7-5-9-36-40(28)54(4)43(60)56(36)37-19-20-39(57)51-42(37)59/h5-10,22-23,25-27,30-31,37,61H,11-21,24H2,1-4H3,(H,50,58)(H,51,57,59). The van der Waals surface area contributed by atoms with E-state index >= 15 is 0 Å². The van der Waals surface area contributed by atoms with Crippen molar-refractivity contribution in [2.45, 2.75) is 114 Å². The van der Waals surface area contributed by atoms with E-state index in [1.54, 1.807) is 42.2 Å². The maximum atomic E-state index is 13.4. The SMILES string of the molecule is CN(CC1CCC(n2cc3cc(NC(=O)c4cccc(C(F)(F)F)n4)c(C(C)(C)O)cc3n2)CC1)C1CCC(Cc2cccc3c2n(C)c(=O)n3C2CCC(=O)NC2=O)CC1. The Morgan fingerprint density at radius 3 is 2.34 bits per heavy atom. The number of benzene rings is 2. The molecule has 2 aliphatic carbocycles. The average Bonchev–Trinajstić information content (AvgIpc) is 3.75. The minimum atomic E-state index is -4.69. The number of nitrogens with zero attached hydrogens (tertiary/aromatic N) is 6. The van der Waals surface area contributed by atoms with Crippen LogP contribution < -0.4 is 16.3 Å². The second-order valence-corrected chi connectivity index (χ2v) is 17.9. The summed E-state index contributed by atoms with van der Waals surface area (Å²) in [7, 11) is 4.00. The van der Waals surface area contributed by atoms with Crippen molar-refractivity contribution in [3.05, 3.63) is 87.7 Å². The van der Waals surface area contributed by atoms with E-state index in [9.17, 15) is 37.5 Å². The van der Waals surface area contributed by atoms with Crippen molar-refractivity contribution in [1.29, 1.82) is 0 Å². The van der Waals surface area contributed by atoms with Crippen LogP contribution in [0.4, 0.5) is 18.9 Å². The lowest BCUT2D eigenvalue weighted by Gasteiger charge is -2.38. The van der Waals surface area contributed by atoms with Crippen LogP contribution in [0.5, 0.6) is 0 Å². The molecule has 0 bridgehead atoms. The summed E-state index contributed by atoms with van der Waals surface area (Å²) in [6.07, 6.45) is 7.05. The Bertz CT molecular complexity index is 2540. The van der Waals surface area contributed by atoms with Crippen LogP contribution in [0, 0.1) is 11.8 Å². The molecule has 1 unspecified atom stereocenters. The number of alkyl halides is 3. The maximum Gasteiger partial charge on any atom is 0.433 e. The highest BCUT2D eigenvalue weighted by atomic mass is 19.4. The van der Waals surface area contributed by atoms with E-state index in [0.29, 0.717) is 35.4 Å². The Balaban J connectivity index is 0.860. The van der Waals surface area contributed by atoms with E-state index in [0.717, 1.165) is 98.4 Å². The molecule has 3 N–H and O–H groups in total. The number of aromatic nitrogens is 5. The Hall–Kier alpha value is -5.35. The van der Waals surface area contributed by atoms with Gasteiger partial charge in [0.15, 0.2) is 0 Å². The number of fused-ring (bicyclic) bond motifs is 2. The number of amides is 3. The number of aryl methyl sites for hydroxylation is 1. The lowest BCUT2D eigenvalue weighted by molar-refractivity contribution is -0.141. The van der Waals surface area contributed by atoms with Crippen LogP contribution in [0.2, 0.25) is 0 Å². The van der Waals surface area contributed by atoms with Crippen LogP contribution in [-0.4, -0.2) is 71.3 Å². The van der Waals surface area contributed by atoms with Crippen LogP contribution in [0.25, 0.3) is 21.9 Å². The van der Waals surface area contributed by atoms with Crippen molar-refractivity contribution in [3.8, 4) is 0 Å². The molecule has 4 heterocycles. The first-order valence-electron chi connectivity index (χ1n) is 21.3. The predicted molar refractivity (Wildman–Crippen MR) is 224 cm³/mol. The third-order valence-electron chi connectivity index (χ3n) is 13.2. The lowest BCUT2D eigenvalue weighted by Crippen LogP contribution is -2.44. The average molecular weight is 843 g/mol. The van der Waals surface area contributed by atoms with Gasteiger partial charge < -0.3 is 15.3 Å². The van der Waals surface area contributed by atoms with Crippen molar-refractivity contribution in [2.24, 2.45) is 18.9 Å². The molecule has 3 amide bonds. The zero-order chi connectivity index (χ0) is 43.4. The van der Waals surface area contributed by atoms with Gasteiger partial charge in [-0.3, -0.25) is 33.5 Å². The van der Waals surface area contributed by atoms with Crippen molar-refractivity contribution < 1.29 is 32.7 Å². The first-order chi connectivity index (χ1) is 28.9. The number of hydrogen-bond donors (Lipinski definition) is 3. The monoisotopic (exact) mass is 842 g/mol. The number of carbonyl (C=O) groups is 3. The normalized spacial score (nSPS) is 22.9. The second kappa shape index (κ2) is 16.5. The third-order valence-corrected chi connectivity index (χ3v) is 13.2. The Labute approximate surface area is 351 Å². The summed E-state index contributed by atoms with van der Waals surface area (Å²) in [5.41, 5.74) is 0.839. The van der Waals surface area contributed by atoms with Gasteiger partial charge in [-0.15, -0.1) is 0 Å². The fourth-order valence-electron chi connectivity index (χ4n) is 9.96. The molecule has 2 saturated carbocycles. The van der Waals surface area contributed by atoms with Crippen molar-refractivity contribution in [2.75, 3.05) is 18.9 Å². The van der Waals surface area contributed by atoms with E-state index in [4.69, 9.17) is 5.10 Å². The van der Waals surface area contributed by atoms with Crippen molar-refractivity contribution in [3.63, 3.8) is 0 Å². The molecule has 16 heteroatoms. The van der Waals surface area contributed by atoms with E-state index in [1.165, 1.54) is 6.07 Å². The van der Waals surface area contributed by atoms with Crippen LogP contribution in [0.1, 0.15) is 117 Å². The molecule has 1 aliphatic heterocycles. The highest BCUT2D eigenvalue weighted by molar-refractivity contribution is 6.04. The van der Waals surface area contributed by atoms with Gasteiger partial charge in [-0.05, 0) is 133 Å². The largest absolute Gasteiger partial charge is 0.433 e. The van der Waals surface area contributed by atoms with Crippen LogP contribution in [0.3, 0.4) is 0 Å². The summed E-state index contributed by atoms with van der Waals surface area (Å²) in [4.78, 5) is 57.1. The van der Waals surface area contributed by atoms with Gasteiger partial charge in [-0.2, -0.15) is 18.3 Å². The summed E-state index contributed by atoms with van der Waals surface area (Å²) in [6.45, 7) is 4.18. The summed E-state index contributed by atoms with van der Waals surface area (Å²) in [5, 5.41) is 21.7. The van der Waals surface area contributed by atoms with Crippen molar-refractivity contribution >= 4 is 45.3 Å². The third kappa shape index (κ3) is 8.74. The Morgan fingerprint density at radius 2 is 1.66 bits per heavy atom. The van der Waals surface area contributed by atoms with E-state index in [1.807, 2.05) is 23.0 Å². The molecule has 1 saturated heterocycles. The number of imidazole rings is 1. The minimum Gasteiger partial charge on any atom is -0.386 e. The number of carbonyl (C=O) groups excluding carboxylic acids is 3. The number of rotatable bonds is 10. The molecular weight excluding hydrogens is 790 g/mol. The molecule has 5 aromatic rings. The molecule has 8 rings (SSSR count). The summed E-state index contributed by atoms with van der Waals surface area (Å²) in [5.74, 6) is -0.502. The summed E-state index contributed by atoms with van der Waals surface area (Å²) in [6, 6.07) is 12.5. The van der Waals surface area contributed by atoms with Gasteiger partial charge in [-0.25, -0.2) is 9.78 Å². The quantitative estimate of drug-likeness (QED) is 0.127. The number of pyridine rings is 1. The number of aliphatic hydroxyl groups is 1. The molecule has 13 nitrogen and oxygen atoms in total. The molecule has 3 fully saturated rings. The Kier molecular flexibility index (Phi) is 11.5. The fourth-order valence-corrected chi connectivity index (χ4v) is 9.96. The zero-order valence-corrected chi connectivity index (χ0v) is 35.0. The predicted octanol–water partition coefficient (Wildman–Crippen LogP) is 7.03. The van der Waals surface area contributed by atoms with E-state index in [2.05, 4.69) is 33.6 Å². The number of nitrogens with one attached hydrogen (secondary N) is 2. The van der Waals surface area contributed by atoms with Crippen LogP contribution in [-0.2, 0) is 34.8 Å². The lowest BCUT2D eigenvalue weighted by atomic mass is 9.81. The second-order valence-electron chi connectivity index (χ2n) is 17.9. The number of imide groups is 1. The molecule has 3 aromatic heterocycles. The zero-order valence-electron chi connectivity index (χ0n) is 35.0. The topological polar surface area (TPSA) is 156 Å². The molecule has 0 spiro atoms. The fraction of sp³-hybridized carbons (Fsp3) is 0.511. The summed E-state index contributed by atoms with van der Waals surface area (Å²) >= 11 is 0. The number of piperidine rings is 1. The van der Waals surface area contributed by atoms with E-state index < -0.39 is 35.3 Å². The van der Waals surface area contributed by atoms with Gasteiger partial charge in [0.2, 0.25) is 11.8 Å². The van der Waals surface area contributed by atoms with Gasteiger partial charge in [0.25, 0.3) is 5.91 Å². The van der Waals surface area contributed by atoms with E-state index in [-0.39, 0.29) is 35.4 Å².